The second kappa shape index (κ2) is 10.6. The zero-order valence-electron chi connectivity index (χ0n) is 17.8. The van der Waals surface area contributed by atoms with Gasteiger partial charge in [0.15, 0.2) is 0 Å². The molecule has 0 saturated carbocycles. The first kappa shape index (κ1) is 21.6. The molecular formula is C23H34N2O4. The molecule has 160 valence electrons. The van der Waals surface area contributed by atoms with Gasteiger partial charge in [0.1, 0.15) is 18.0 Å². The van der Waals surface area contributed by atoms with Gasteiger partial charge in [-0.05, 0) is 31.9 Å². The zero-order chi connectivity index (χ0) is 20.6. The van der Waals surface area contributed by atoms with Gasteiger partial charge in [-0.25, -0.2) is 0 Å². The van der Waals surface area contributed by atoms with Gasteiger partial charge in [0.25, 0.3) is 5.91 Å². The molecule has 29 heavy (non-hydrogen) atoms. The van der Waals surface area contributed by atoms with Crippen molar-refractivity contribution in [2.45, 2.75) is 64.6 Å². The van der Waals surface area contributed by atoms with Crippen molar-refractivity contribution in [3.8, 4) is 5.75 Å². The van der Waals surface area contributed by atoms with Gasteiger partial charge >= 0.3 is 0 Å². The summed E-state index contributed by atoms with van der Waals surface area (Å²) < 4.78 is 12.4. The molecule has 0 spiro atoms. The number of rotatable bonds is 1. The Morgan fingerprint density at radius 3 is 2.48 bits per heavy atom. The Bertz CT molecular complexity index is 693. The molecule has 2 atom stereocenters. The van der Waals surface area contributed by atoms with Gasteiger partial charge in [-0.15, -0.1) is 0 Å². The van der Waals surface area contributed by atoms with Crippen LogP contribution in [0.2, 0.25) is 0 Å². The summed E-state index contributed by atoms with van der Waals surface area (Å²) in [5.74, 6) is 0.609. The largest absolute Gasteiger partial charge is 0.485 e. The Kier molecular flexibility index (Phi) is 7.92. The second-order valence-electron chi connectivity index (χ2n) is 7.99. The molecule has 2 aliphatic rings. The highest BCUT2D eigenvalue weighted by atomic mass is 16.5. The SMILES string of the molecule is CCN1CCCCCCCCO[C@@H]2CN(C(C)=O)C[C@H]2Oc2ccccc2C1=O. The minimum Gasteiger partial charge on any atom is -0.485 e. The molecule has 1 saturated heterocycles. The molecule has 0 N–H and O–H groups in total. The average molecular weight is 403 g/mol. The number of hydrogen-bond acceptors (Lipinski definition) is 4. The van der Waals surface area contributed by atoms with Crippen molar-refractivity contribution in [2.24, 2.45) is 0 Å². The van der Waals surface area contributed by atoms with Crippen LogP contribution in [0.5, 0.6) is 5.75 Å². The standard InChI is InChI=1S/C23H34N2O4/c1-3-24-14-10-6-4-5-7-11-15-28-21-16-25(18(2)26)17-22(21)29-20-13-9-8-12-19(20)23(24)27/h8-9,12-13,21-22H,3-7,10-11,14-17H2,1-2H3/t21-,22-/m1/s1. The normalized spacial score (nSPS) is 24.6. The van der Waals surface area contributed by atoms with Crippen LogP contribution in [0, 0.1) is 0 Å². The molecule has 0 radical (unpaired) electrons. The number of ether oxygens (including phenoxy) is 2. The van der Waals surface area contributed by atoms with Crippen LogP contribution in [0.25, 0.3) is 0 Å². The highest BCUT2D eigenvalue weighted by Gasteiger charge is 2.37. The smallest absolute Gasteiger partial charge is 0.257 e. The van der Waals surface area contributed by atoms with Crippen LogP contribution < -0.4 is 4.74 Å². The van der Waals surface area contributed by atoms with E-state index >= 15 is 0 Å². The second-order valence-corrected chi connectivity index (χ2v) is 7.99. The Hall–Kier alpha value is -2.08. The van der Waals surface area contributed by atoms with E-state index in [0.717, 1.165) is 32.2 Å². The number of fused-ring (bicyclic) bond motifs is 2. The highest BCUT2D eigenvalue weighted by Crippen LogP contribution is 2.26. The Balaban J connectivity index is 1.83. The maximum absolute atomic E-state index is 13.2. The van der Waals surface area contributed by atoms with Gasteiger partial charge < -0.3 is 19.3 Å². The van der Waals surface area contributed by atoms with Gasteiger partial charge in [-0.2, -0.15) is 0 Å². The molecule has 6 nitrogen and oxygen atoms in total. The molecule has 2 aliphatic heterocycles. The van der Waals surface area contributed by atoms with E-state index in [1.54, 1.807) is 11.8 Å². The number of hydrogen-bond donors (Lipinski definition) is 0. The van der Waals surface area contributed by atoms with E-state index in [9.17, 15) is 9.59 Å². The van der Waals surface area contributed by atoms with Crippen molar-refractivity contribution in [3.05, 3.63) is 29.8 Å². The van der Waals surface area contributed by atoms with Gasteiger partial charge in [0.05, 0.1) is 18.7 Å². The van der Waals surface area contributed by atoms with Crippen LogP contribution in [-0.4, -0.2) is 66.6 Å². The predicted molar refractivity (Wildman–Crippen MR) is 112 cm³/mol. The topological polar surface area (TPSA) is 59.1 Å². The summed E-state index contributed by atoms with van der Waals surface area (Å²) >= 11 is 0. The molecule has 0 bridgehead atoms. The summed E-state index contributed by atoms with van der Waals surface area (Å²) in [6.07, 6.45) is 6.28. The minimum absolute atomic E-state index is 0.00841. The van der Waals surface area contributed by atoms with E-state index in [1.165, 1.54) is 12.8 Å². The Morgan fingerprint density at radius 1 is 1.03 bits per heavy atom. The van der Waals surface area contributed by atoms with Crippen LogP contribution in [0.15, 0.2) is 24.3 Å². The maximum Gasteiger partial charge on any atom is 0.257 e. The van der Waals surface area contributed by atoms with E-state index in [0.29, 0.717) is 37.6 Å². The molecule has 1 fully saturated rings. The van der Waals surface area contributed by atoms with E-state index < -0.39 is 0 Å². The minimum atomic E-state index is -0.268. The summed E-state index contributed by atoms with van der Waals surface area (Å²) in [6, 6.07) is 7.43. The first-order valence-corrected chi connectivity index (χ1v) is 11.0. The van der Waals surface area contributed by atoms with E-state index in [4.69, 9.17) is 9.47 Å². The van der Waals surface area contributed by atoms with Crippen LogP contribution in [0.3, 0.4) is 0 Å². The molecule has 6 heteroatoms. The van der Waals surface area contributed by atoms with Crippen molar-refractivity contribution in [1.29, 1.82) is 0 Å². The summed E-state index contributed by atoms with van der Waals surface area (Å²) in [6.45, 7) is 6.76. The van der Waals surface area contributed by atoms with Gasteiger partial charge in [-0.1, -0.05) is 37.8 Å². The lowest BCUT2D eigenvalue weighted by atomic mass is 10.1. The highest BCUT2D eigenvalue weighted by molar-refractivity contribution is 5.97. The van der Waals surface area contributed by atoms with E-state index in [2.05, 4.69) is 0 Å². The number of amides is 2. The summed E-state index contributed by atoms with van der Waals surface area (Å²) in [4.78, 5) is 28.8. The first-order valence-electron chi connectivity index (χ1n) is 11.0. The number of para-hydroxylation sites is 1. The molecule has 1 aromatic carbocycles. The van der Waals surface area contributed by atoms with Crippen LogP contribution in [0.1, 0.15) is 62.7 Å². The molecule has 2 heterocycles. The lowest BCUT2D eigenvalue weighted by molar-refractivity contribution is -0.128. The summed E-state index contributed by atoms with van der Waals surface area (Å²) in [5, 5.41) is 0. The fourth-order valence-corrected chi connectivity index (χ4v) is 4.10. The number of likely N-dealkylation sites (tertiary alicyclic amines) is 1. The average Bonchev–Trinajstić information content (AvgIpc) is 3.12. The lowest BCUT2D eigenvalue weighted by Crippen LogP contribution is -2.35. The molecule has 1 aromatic rings. The Labute approximate surface area is 174 Å². The molecule has 0 unspecified atom stereocenters. The number of carbonyl (C=O) groups is 2. The van der Waals surface area contributed by atoms with Crippen molar-refractivity contribution >= 4 is 11.8 Å². The summed E-state index contributed by atoms with van der Waals surface area (Å²) in [7, 11) is 0. The zero-order valence-corrected chi connectivity index (χ0v) is 17.8. The van der Waals surface area contributed by atoms with Crippen LogP contribution >= 0.6 is 0 Å². The predicted octanol–water partition coefficient (Wildman–Crippen LogP) is 3.50. The first-order chi connectivity index (χ1) is 14.1. The lowest BCUT2D eigenvalue weighted by Gasteiger charge is -2.25. The third kappa shape index (κ3) is 5.72. The van der Waals surface area contributed by atoms with Crippen LogP contribution in [-0.2, 0) is 9.53 Å². The van der Waals surface area contributed by atoms with Gasteiger partial charge in [0.2, 0.25) is 5.91 Å². The van der Waals surface area contributed by atoms with Gasteiger partial charge in [-0.3, -0.25) is 9.59 Å². The Morgan fingerprint density at radius 2 is 1.72 bits per heavy atom. The molecule has 0 aliphatic carbocycles. The van der Waals surface area contributed by atoms with Crippen molar-refractivity contribution in [2.75, 3.05) is 32.8 Å². The van der Waals surface area contributed by atoms with Crippen molar-refractivity contribution in [1.82, 2.24) is 9.80 Å². The molecule has 0 aromatic heterocycles. The molecule has 3 rings (SSSR count). The van der Waals surface area contributed by atoms with Crippen molar-refractivity contribution < 1.29 is 19.1 Å². The fraction of sp³-hybridized carbons (Fsp3) is 0.652. The molecular weight excluding hydrogens is 368 g/mol. The number of benzene rings is 1. The fourth-order valence-electron chi connectivity index (χ4n) is 4.10. The van der Waals surface area contributed by atoms with Crippen LogP contribution in [0.4, 0.5) is 0 Å². The molecule has 2 amide bonds. The number of nitrogens with zero attached hydrogens (tertiary/aromatic N) is 2. The van der Waals surface area contributed by atoms with Gasteiger partial charge in [0, 0.05) is 26.6 Å². The third-order valence-corrected chi connectivity index (χ3v) is 5.88. The quantitative estimate of drug-likeness (QED) is 0.721. The third-order valence-electron chi connectivity index (χ3n) is 5.88. The maximum atomic E-state index is 13.2. The summed E-state index contributed by atoms with van der Waals surface area (Å²) in [5.41, 5.74) is 0.585. The monoisotopic (exact) mass is 402 g/mol. The van der Waals surface area contributed by atoms with E-state index in [1.807, 2.05) is 36.1 Å². The number of carbonyl (C=O) groups excluding carboxylic acids is 2. The van der Waals surface area contributed by atoms with E-state index in [-0.39, 0.29) is 24.0 Å². The van der Waals surface area contributed by atoms with Crippen molar-refractivity contribution in [3.63, 3.8) is 0 Å².